The van der Waals surface area contributed by atoms with Gasteiger partial charge in [0.1, 0.15) is 5.76 Å². The Hall–Kier alpha value is -3.81. The van der Waals surface area contributed by atoms with Crippen LogP contribution in [0.3, 0.4) is 0 Å². The van der Waals surface area contributed by atoms with Crippen molar-refractivity contribution in [2.45, 2.75) is 13.5 Å². The number of hydrogen-bond acceptors (Lipinski definition) is 7. The van der Waals surface area contributed by atoms with Crippen LogP contribution in [0, 0.1) is 6.92 Å². The third kappa shape index (κ3) is 4.21. The molecule has 0 unspecified atom stereocenters. The van der Waals surface area contributed by atoms with Gasteiger partial charge in [0.15, 0.2) is 23.8 Å². The van der Waals surface area contributed by atoms with Gasteiger partial charge in [-0.2, -0.15) is 0 Å². The molecule has 29 heavy (non-hydrogen) atoms. The predicted octanol–water partition coefficient (Wildman–Crippen LogP) is 2.85. The number of nitrogens with one attached hydrogen (secondary N) is 1. The maximum Gasteiger partial charge on any atom is 0.361 e. The molecule has 0 radical (unpaired) electrons. The second-order valence-corrected chi connectivity index (χ2v) is 6.33. The third-order valence-corrected chi connectivity index (χ3v) is 4.27. The summed E-state index contributed by atoms with van der Waals surface area (Å²) in [5.41, 5.74) is 1.64. The summed E-state index contributed by atoms with van der Waals surface area (Å²) in [6.45, 7) is 1.66. The average molecular weight is 394 g/mol. The summed E-state index contributed by atoms with van der Waals surface area (Å²) < 4.78 is 21.1. The molecule has 1 N–H and O–H groups in total. The molecule has 1 amide bonds. The minimum Gasteiger partial charge on any atom is -0.454 e. The van der Waals surface area contributed by atoms with E-state index in [1.54, 1.807) is 19.1 Å². The van der Waals surface area contributed by atoms with Gasteiger partial charge >= 0.3 is 5.97 Å². The molecule has 4 rings (SSSR count). The molecule has 0 atom stereocenters. The zero-order valence-corrected chi connectivity index (χ0v) is 15.6. The average Bonchev–Trinajstić information content (AvgIpc) is 3.37. The van der Waals surface area contributed by atoms with Crippen LogP contribution in [0.25, 0.3) is 11.5 Å². The molecule has 0 bridgehead atoms. The second-order valence-electron chi connectivity index (χ2n) is 6.33. The summed E-state index contributed by atoms with van der Waals surface area (Å²) in [6.07, 6.45) is 0. The number of rotatable bonds is 6. The maximum atomic E-state index is 12.3. The number of hydrogen-bond donors (Lipinski definition) is 1. The Morgan fingerprint density at radius 2 is 1.90 bits per heavy atom. The van der Waals surface area contributed by atoms with Gasteiger partial charge in [-0.1, -0.05) is 24.3 Å². The van der Waals surface area contributed by atoms with Gasteiger partial charge in [-0.25, -0.2) is 9.78 Å². The molecule has 148 valence electrons. The van der Waals surface area contributed by atoms with Gasteiger partial charge in [0.25, 0.3) is 5.91 Å². The van der Waals surface area contributed by atoms with Gasteiger partial charge in [-0.05, 0) is 36.8 Å². The molecule has 0 saturated carbocycles. The maximum absolute atomic E-state index is 12.3. The van der Waals surface area contributed by atoms with Crippen molar-refractivity contribution in [3.05, 3.63) is 65.5 Å². The number of fused-ring (bicyclic) bond motifs is 1. The molecule has 1 aliphatic heterocycles. The van der Waals surface area contributed by atoms with Crippen molar-refractivity contribution in [1.82, 2.24) is 10.3 Å². The van der Waals surface area contributed by atoms with Crippen molar-refractivity contribution < 1.29 is 28.2 Å². The standard InChI is InChI=1S/C21H18N2O6/c1-13-19(23-20(29-13)15-5-3-2-4-6-15)21(25)26-11-18(24)22-10-14-7-8-16-17(9-14)28-12-27-16/h2-9H,10-12H2,1H3,(H,22,24). The van der Waals surface area contributed by atoms with Crippen molar-refractivity contribution in [1.29, 1.82) is 0 Å². The van der Waals surface area contributed by atoms with Crippen LogP contribution in [0.2, 0.25) is 0 Å². The van der Waals surface area contributed by atoms with Crippen LogP contribution in [0.15, 0.2) is 52.9 Å². The zero-order chi connectivity index (χ0) is 20.2. The molecule has 8 heteroatoms. The first-order chi connectivity index (χ1) is 14.1. The molecule has 0 aliphatic carbocycles. The first-order valence-corrected chi connectivity index (χ1v) is 8.95. The molecular formula is C21H18N2O6. The fourth-order valence-corrected chi connectivity index (χ4v) is 2.79. The Balaban J connectivity index is 1.30. The predicted molar refractivity (Wildman–Crippen MR) is 101 cm³/mol. The number of ether oxygens (including phenoxy) is 3. The summed E-state index contributed by atoms with van der Waals surface area (Å²) in [5.74, 6) is 0.815. The Morgan fingerprint density at radius 1 is 1.10 bits per heavy atom. The molecule has 0 saturated heterocycles. The summed E-state index contributed by atoms with van der Waals surface area (Å²) in [6, 6.07) is 14.6. The number of oxazole rings is 1. The van der Waals surface area contributed by atoms with E-state index >= 15 is 0 Å². The number of nitrogens with zero attached hydrogens (tertiary/aromatic N) is 1. The van der Waals surface area contributed by atoms with Crippen molar-refractivity contribution in [2.75, 3.05) is 13.4 Å². The van der Waals surface area contributed by atoms with Gasteiger partial charge in [0, 0.05) is 12.1 Å². The van der Waals surface area contributed by atoms with E-state index in [1.165, 1.54) is 0 Å². The van der Waals surface area contributed by atoms with Crippen molar-refractivity contribution in [2.24, 2.45) is 0 Å². The first-order valence-electron chi connectivity index (χ1n) is 8.95. The smallest absolute Gasteiger partial charge is 0.361 e. The van der Waals surface area contributed by atoms with Crippen molar-refractivity contribution in [3.8, 4) is 23.0 Å². The summed E-state index contributed by atoms with van der Waals surface area (Å²) in [4.78, 5) is 28.5. The van der Waals surface area contributed by atoms with Crippen LogP contribution in [0.4, 0.5) is 0 Å². The van der Waals surface area contributed by atoms with Gasteiger partial charge in [0.05, 0.1) is 0 Å². The Labute approximate surface area is 166 Å². The lowest BCUT2D eigenvalue weighted by Crippen LogP contribution is -2.28. The summed E-state index contributed by atoms with van der Waals surface area (Å²) in [7, 11) is 0. The zero-order valence-electron chi connectivity index (χ0n) is 15.6. The monoisotopic (exact) mass is 394 g/mol. The number of benzene rings is 2. The number of amides is 1. The van der Waals surface area contributed by atoms with Crippen LogP contribution < -0.4 is 14.8 Å². The SMILES string of the molecule is Cc1oc(-c2ccccc2)nc1C(=O)OCC(=O)NCc1ccc2c(c1)OCO2. The van der Waals surface area contributed by atoms with E-state index in [4.69, 9.17) is 18.6 Å². The van der Waals surface area contributed by atoms with E-state index in [1.807, 2.05) is 36.4 Å². The molecule has 0 spiro atoms. The minimum atomic E-state index is -0.716. The van der Waals surface area contributed by atoms with Crippen LogP contribution in [0.5, 0.6) is 11.5 Å². The first kappa shape index (κ1) is 18.5. The number of carbonyl (C=O) groups is 2. The summed E-state index contributed by atoms with van der Waals surface area (Å²) in [5, 5.41) is 2.69. The Bertz CT molecular complexity index is 1040. The number of aromatic nitrogens is 1. The van der Waals surface area contributed by atoms with E-state index in [2.05, 4.69) is 10.3 Å². The van der Waals surface area contributed by atoms with Crippen LogP contribution in [-0.2, 0) is 16.1 Å². The quantitative estimate of drug-likeness (QED) is 0.642. The lowest BCUT2D eigenvalue weighted by atomic mass is 10.2. The number of carbonyl (C=O) groups excluding carboxylic acids is 2. The normalized spacial score (nSPS) is 11.9. The molecule has 2 aromatic carbocycles. The lowest BCUT2D eigenvalue weighted by Gasteiger charge is -2.07. The van der Waals surface area contributed by atoms with Gasteiger partial charge < -0.3 is 23.9 Å². The van der Waals surface area contributed by atoms with Crippen LogP contribution >= 0.6 is 0 Å². The Kier molecular flexibility index (Phi) is 5.15. The topological polar surface area (TPSA) is 99.9 Å². The highest BCUT2D eigenvalue weighted by molar-refractivity contribution is 5.90. The molecule has 2 heterocycles. The van der Waals surface area contributed by atoms with E-state index in [0.29, 0.717) is 23.1 Å². The highest BCUT2D eigenvalue weighted by atomic mass is 16.7. The minimum absolute atomic E-state index is 0.0485. The molecule has 1 aliphatic rings. The van der Waals surface area contributed by atoms with Crippen molar-refractivity contribution in [3.63, 3.8) is 0 Å². The molecule has 0 fully saturated rings. The summed E-state index contributed by atoms with van der Waals surface area (Å²) >= 11 is 0. The fraction of sp³-hybridized carbons (Fsp3) is 0.190. The number of aryl methyl sites for hydroxylation is 1. The fourth-order valence-electron chi connectivity index (χ4n) is 2.79. The highest BCUT2D eigenvalue weighted by Gasteiger charge is 2.20. The molecule has 1 aromatic heterocycles. The van der Waals surface area contributed by atoms with Crippen molar-refractivity contribution >= 4 is 11.9 Å². The molecule has 8 nitrogen and oxygen atoms in total. The molecular weight excluding hydrogens is 376 g/mol. The van der Waals surface area contributed by atoms with E-state index in [9.17, 15) is 9.59 Å². The largest absolute Gasteiger partial charge is 0.454 e. The van der Waals surface area contributed by atoms with Crippen LogP contribution in [-0.4, -0.2) is 30.3 Å². The highest BCUT2D eigenvalue weighted by Crippen LogP contribution is 2.32. The van der Waals surface area contributed by atoms with E-state index < -0.39 is 18.5 Å². The van der Waals surface area contributed by atoms with E-state index in [-0.39, 0.29) is 19.0 Å². The van der Waals surface area contributed by atoms with E-state index in [0.717, 1.165) is 11.1 Å². The number of esters is 1. The van der Waals surface area contributed by atoms with Gasteiger partial charge in [-0.15, -0.1) is 0 Å². The third-order valence-electron chi connectivity index (χ3n) is 4.27. The van der Waals surface area contributed by atoms with Gasteiger partial charge in [-0.3, -0.25) is 4.79 Å². The lowest BCUT2D eigenvalue weighted by molar-refractivity contribution is -0.124. The van der Waals surface area contributed by atoms with Gasteiger partial charge in [0.2, 0.25) is 12.7 Å². The van der Waals surface area contributed by atoms with Crippen LogP contribution in [0.1, 0.15) is 21.8 Å². The molecule has 3 aromatic rings. The Morgan fingerprint density at radius 3 is 2.72 bits per heavy atom. The second kappa shape index (κ2) is 8.05.